The zero-order valence-electron chi connectivity index (χ0n) is 13.0. The summed E-state index contributed by atoms with van der Waals surface area (Å²) in [4.78, 5) is 30.9. The number of hydrogen-bond donors (Lipinski definition) is 0. The van der Waals surface area contributed by atoms with Crippen molar-refractivity contribution in [3.63, 3.8) is 0 Å². The van der Waals surface area contributed by atoms with E-state index in [1.807, 2.05) is 13.8 Å². The first-order valence-corrected chi connectivity index (χ1v) is 7.90. The van der Waals surface area contributed by atoms with Gasteiger partial charge in [0.25, 0.3) is 5.56 Å². The number of amides is 1. The highest BCUT2D eigenvalue weighted by atomic mass is 35.5. The summed E-state index contributed by atoms with van der Waals surface area (Å²) in [7, 11) is 0. The van der Waals surface area contributed by atoms with Gasteiger partial charge in [-0.05, 0) is 32.0 Å². The highest BCUT2D eigenvalue weighted by Gasteiger charge is 2.26. The van der Waals surface area contributed by atoms with Crippen molar-refractivity contribution in [1.82, 2.24) is 14.5 Å². The smallest absolute Gasteiger partial charge is 0.261 e. The van der Waals surface area contributed by atoms with Gasteiger partial charge in [0.05, 0.1) is 29.4 Å². The first-order valence-electron chi connectivity index (χ1n) is 7.52. The number of benzene rings is 1. The van der Waals surface area contributed by atoms with Crippen molar-refractivity contribution in [1.29, 1.82) is 0 Å². The number of ether oxygens (including phenoxy) is 1. The Morgan fingerprint density at radius 2 is 2.04 bits per heavy atom. The molecule has 1 fully saturated rings. The van der Waals surface area contributed by atoms with Crippen molar-refractivity contribution < 1.29 is 9.53 Å². The molecule has 0 aliphatic carbocycles. The second-order valence-corrected chi connectivity index (χ2v) is 6.33. The van der Waals surface area contributed by atoms with Crippen LogP contribution in [-0.4, -0.2) is 45.7 Å². The molecule has 0 N–H and O–H groups in total. The van der Waals surface area contributed by atoms with Crippen molar-refractivity contribution >= 4 is 28.4 Å². The van der Waals surface area contributed by atoms with Gasteiger partial charge in [-0.3, -0.25) is 14.2 Å². The van der Waals surface area contributed by atoms with Crippen LogP contribution in [0.25, 0.3) is 10.9 Å². The van der Waals surface area contributed by atoms with E-state index in [2.05, 4.69) is 4.98 Å². The Hall–Kier alpha value is -1.92. The molecule has 2 atom stereocenters. The predicted octanol–water partition coefficient (Wildman–Crippen LogP) is 1.69. The monoisotopic (exact) mass is 335 g/mol. The third kappa shape index (κ3) is 3.38. The molecule has 23 heavy (non-hydrogen) atoms. The van der Waals surface area contributed by atoms with Crippen LogP contribution < -0.4 is 5.56 Å². The van der Waals surface area contributed by atoms with Crippen molar-refractivity contribution in [2.45, 2.75) is 32.6 Å². The van der Waals surface area contributed by atoms with E-state index in [4.69, 9.17) is 16.3 Å². The summed E-state index contributed by atoms with van der Waals surface area (Å²) in [6, 6.07) is 4.95. The molecule has 122 valence electrons. The minimum absolute atomic E-state index is 0.00652. The van der Waals surface area contributed by atoms with Gasteiger partial charge < -0.3 is 9.64 Å². The molecule has 0 unspecified atom stereocenters. The summed E-state index contributed by atoms with van der Waals surface area (Å²) in [5, 5.41) is 0.882. The molecule has 0 bridgehead atoms. The van der Waals surface area contributed by atoms with E-state index in [9.17, 15) is 9.59 Å². The molecule has 0 radical (unpaired) electrons. The summed E-state index contributed by atoms with van der Waals surface area (Å²) in [6.07, 6.45) is 1.39. The fourth-order valence-electron chi connectivity index (χ4n) is 2.87. The number of morpholine rings is 1. The third-order valence-electron chi connectivity index (χ3n) is 3.86. The topological polar surface area (TPSA) is 64.4 Å². The molecule has 1 aliphatic heterocycles. The number of carbonyl (C=O) groups is 1. The van der Waals surface area contributed by atoms with Crippen LogP contribution in [0, 0.1) is 0 Å². The van der Waals surface area contributed by atoms with E-state index in [1.54, 1.807) is 23.1 Å². The lowest BCUT2D eigenvalue weighted by molar-refractivity contribution is -0.143. The number of rotatable bonds is 2. The average molecular weight is 336 g/mol. The van der Waals surface area contributed by atoms with Crippen LogP contribution in [0.2, 0.25) is 5.02 Å². The maximum absolute atomic E-state index is 12.5. The Morgan fingerprint density at radius 1 is 1.35 bits per heavy atom. The molecule has 1 saturated heterocycles. The zero-order chi connectivity index (χ0) is 16.6. The molecule has 1 aliphatic rings. The molecule has 0 saturated carbocycles. The van der Waals surface area contributed by atoms with Crippen LogP contribution in [0.5, 0.6) is 0 Å². The zero-order valence-corrected chi connectivity index (χ0v) is 13.8. The number of aromatic nitrogens is 2. The van der Waals surface area contributed by atoms with Crippen LogP contribution in [0.4, 0.5) is 0 Å². The van der Waals surface area contributed by atoms with Gasteiger partial charge in [-0.2, -0.15) is 0 Å². The van der Waals surface area contributed by atoms with E-state index in [1.165, 1.54) is 10.9 Å². The van der Waals surface area contributed by atoms with Gasteiger partial charge >= 0.3 is 0 Å². The van der Waals surface area contributed by atoms with Gasteiger partial charge in [0.15, 0.2) is 0 Å². The summed E-state index contributed by atoms with van der Waals surface area (Å²) in [5.74, 6) is -0.114. The average Bonchev–Trinajstić information content (AvgIpc) is 2.49. The third-order valence-corrected chi connectivity index (χ3v) is 4.10. The summed E-state index contributed by atoms with van der Waals surface area (Å²) < 4.78 is 6.95. The highest BCUT2D eigenvalue weighted by molar-refractivity contribution is 6.31. The Bertz CT molecular complexity index is 795. The van der Waals surface area contributed by atoms with Gasteiger partial charge in [-0.25, -0.2) is 4.98 Å². The lowest BCUT2D eigenvalue weighted by atomic mass is 10.2. The van der Waals surface area contributed by atoms with Crippen LogP contribution in [0.1, 0.15) is 13.8 Å². The molecule has 1 amide bonds. The molecule has 7 heteroatoms. The summed E-state index contributed by atoms with van der Waals surface area (Å²) in [5.41, 5.74) is 0.303. The van der Waals surface area contributed by atoms with Gasteiger partial charge in [-0.1, -0.05) is 11.6 Å². The SMILES string of the molecule is C[C@@H]1CN(C(=O)Cn2cnc3ccc(Cl)cc3c2=O)C[C@@H](C)O1. The normalized spacial score (nSPS) is 21.6. The van der Waals surface area contributed by atoms with Crippen LogP contribution >= 0.6 is 11.6 Å². The van der Waals surface area contributed by atoms with Gasteiger partial charge in [0, 0.05) is 18.1 Å². The lowest BCUT2D eigenvalue weighted by Crippen LogP contribution is -2.49. The molecule has 1 aromatic heterocycles. The lowest BCUT2D eigenvalue weighted by Gasteiger charge is -2.35. The number of halogens is 1. The molecule has 0 spiro atoms. The molecular weight excluding hydrogens is 318 g/mol. The van der Waals surface area contributed by atoms with E-state index >= 15 is 0 Å². The molecule has 6 nitrogen and oxygen atoms in total. The standard InChI is InChI=1S/C16H18ClN3O3/c1-10-6-19(7-11(2)23-10)15(21)8-20-9-18-14-4-3-12(17)5-13(14)16(20)22/h3-5,9-11H,6-8H2,1-2H3/t10-,11-/m1/s1. The number of fused-ring (bicyclic) bond motifs is 1. The maximum Gasteiger partial charge on any atom is 0.261 e. The van der Waals surface area contributed by atoms with Crippen molar-refractivity contribution in [3.05, 3.63) is 39.9 Å². The Labute approximate surface area is 138 Å². The summed E-state index contributed by atoms with van der Waals surface area (Å²) in [6.45, 7) is 4.90. The van der Waals surface area contributed by atoms with Gasteiger partial charge in [0.2, 0.25) is 5.91 Å². The second kappa shape index (κ2) is 6.29. The Kier molecular flexibility index (Phi) is 4.37. The number of carbonyl (C=O) groups excluding carboxylic acids is 1. The highest BCUT2D eigenvalue weighted by Crippen LogP contribution is 2.14. The largest absolute Gasteiger partial charge is 0.372 e. The van der Waals surface area contributed by atoms with Crippen LogP contribution in [0.3, 0.4) is 0 Å². The fraction of sp³-hybridized carbons (Fsp3) is 0.438. The van der Waals surface area contributed by atoms with Crippen molar-refractivity contribution in [3.8, 4) is 0 Å². The Morgan fingerprint density at radius 3 is 2.74 bits per heavy atom. The predicted molar refractivity (Wildman–Crippen MR) is 87.6 cm³/mol. The van der Waals surface area contributed by atoms with E-state index in [-0.39, 0.29) is 30.2 Å². The second-order valence-electron chi connectivity index (χ2n) is 5.90. The van der Waals surface area contributed by atoms with Crippen LogP contribution in [-0.2, 0) is 16.1 Å². The molecule has 1 aromatic carbocycles. The van der Waals surface area contributed by atoms with Gasteiger partial charge in [0.1, 0.15) is 6.54 Å². The number of hydrogen-bond acceptors (Lipinski definition) is 4. The van der Waals surface area contributed by atoms with E-state index < -0.39 is 0 Å². The number of nitrogens with zero attached hydrogens (tertiary/aromatic N) is 3. The first-order chi connectivity index (χ1) is 10.9. The van der Waals surface area contributed by atoms with Crippen LogP contribution in [0.15, 0.2) is 29.3 Å². The fourth-order valence-corrected chi connectivity index (χ4v) is 3.04. The molecule has 2 heterocycles. The molecule has 2 aromatic rings. The van der Waals surface area contributed by atoms with E-state index in [0.717, 1.165) is 0 Å². The maximum atomic E-state index is 12.5. The van der Waals surface area contributed by atoms with Gasteiger partial charge in [-0.15, -0.1) is 0 Å². The quantitative estimate of drug-likeness (QED) is 0.837. The van der Waals surface area contributed by atoms with Crippen molar-refractivity contribution in [2.24, 2.45) is 0 Å². The molecular formula is C16H18ClN3O3. The Balaban J connectivity index is 1.85. The molecule has 3 rings (SSSR count). The van der Waals surface area contributed by atoms with Crippen molar-refractivity contribution in [2.75, 3.05) is 13.1 Å². The van der Waals surface area contributed by atoms with E-state index in [0.29, 0.717) is 29.0 Å². The first kappa shape index (κ1) is 16.0. The minimum Gasteiger partial charge on any atom is -0.372 e. The minimum atomic E-state index is -0.264. The summed E-state index contributed by atoms with van der Waals surface area (Å²) >= 11 is 5.94.